The fourth-order valence-electron chi connectivity index (χ4n) is 2.07. The first kappa shape index (κ1) is 18.0. The molecular weight excluding hydrogens is 332 g/mol. The molecule has 130 valence electrons. The number of anilines is 1. The number of hydrogen-bond acceptors (Lipinski definition) is 4. The highest BCUT2D eigenvalue weighted by Crippen LogP contribution is 2.15. The fraction of sp³-hybridized carbons (Fsp3) is 0.467. The molecule has 0 aliphatic rings. The molecule has 2 rings (SSSR count). The molecule has 0 fully saturated rings. The van der Waals surface area contributed by atoms with Gasteiger partial charge in [-0.3, -0.25) is 19.0 Å². The second kappa shape index (κ2) is 7.96. The summed E-state index contributed by atoms with van der Waals surface area (Å²) in [6.07, 6.45) is 4.83. The Morgan fingerprint density at radius 3 is 2.67 bits per heavy atom. The number of hydrogen-bond donors (Lipinski definition) is 2. The number of amides is 2. The van der Waals surface area contributed by atoms with Crippen molar-refractivity contribution in [2.45, 2.75) is 26.8 Å². The zero-order valence-electron chi connectivity index (χ0n) is 13.9. The first-order valence-corrected chi connectivity index (χ1v) is 8.02. The van der Waals surface area contributed by atoms with E-state index in [1.807, 2.05) is 13.8 Å². The van der Waals surface area contributed by atoms with Gasteiger partial charge in [-0.1, -0.05) is 25.4 Å². The van der Waals surface area contributed by atoms with Gasteiger partial charge in [-0.25, -0.2) is 0 Å². The zero-order valence-corrected chi connectivity index (χ0v) is 14.7. The van der Waals surface area contributed by atoms with Crippen LogP contribution in [-0.2, 0) is 18.4 Å². The Bertz CT molecular complexity index is 721. The van der Waals surface area contributed by atoms with Gasteiger partial charge in [0.1, 0.15) is 5.69 Å². The van der Waals surface area contributed by atoms with Crippen molar-refractivity contribution in [3.05, 3.63) is 29.3 Å². The number of rotatable bonds is 7. The molecule has 9 heteroatoms. The number of aromatic nitrogens is 4. The maximum Gasteiger partial charge on any atom is 0.271 e. The summed E-state index contributed by atoms with van der Waals surface area (Å²) in [4.78, 5) is 24.4. The van der Waals surface area contributed by atoms with Gasteiger partial charge in [0.2, 0.25) is 5.91 Å². The smallest absolute Gasteiger partial charge is 0.271 e. The highest BCUT2D eigenvalue weighted by atomic mass is 35.5. The number of aryl methyl sites for hydroxylation is 2. The van der Waals surface area contributed by atoms with Crippen molar-refractivity contribution in [3.63, 3.8) is 0 Å². The van der Waals surface area contributed by atoms with Crippen LogP contribution in [0.5, 0.6) is 0 Å². The second-order valence-corrected chi connectivity index (χ2v) is 6.29. The van der Waals surface area contributed by atoms with Crippen LogP contribution in [0.15, 0.2) is 18.6 Å². The van der Waals surface area contributed by atoms with Gasteiger partial charge in [0, 0.05) is 32.8 Å². The van der Waals surface area contributed by atoms with Crippen molar-refractivity contribution in [2.24, 2.45) is 13.0 Å². The molecule has 0 atom stereocenters. The first-order valence-electron chi connectivity index (χ1n) is 7.64. The van der Waals surface area contributed by atoms with Gasteiger partial charge < -0.3 is 10.6 Å². The standard InChI is InChI=1S/C15H21ClN6O2/c1-10(2)6-17-15(24)14-12(8-18-21(14)3)20-13(23)4-5-22-9-11(16)7-19-22/h7-10H,4-6H2,1-3H3,(H,17,24)(H,20,23). The van der Waals surface area contributed by atoms with E-state index in [0.29, 0.717) is 35.4 Å². The lowest BCUT2D eigenvalue weighted by Crippen LogP contribution is -2.30. The summed E-state index contributed by atoms with van der Waals surface area (Å²) in [5, 5.41) is 14.1. The molecule has 0 saturated heterocycles. The van der Waals surface area contributed by atoms with E-state index in [1.165, 1.54) is 17.1 Å². The maximum atomic E-state index is 12.3. The fourth-order valence-corrected chi connectivity index (χ4v) is 2.22. The third-order valence-electron chi connectivity index (χ3n) is 3.27. The van der Waals surface area contributed by atoms with E-state index in [4.69, 9.17) is 11.6 Å². The largest absolute Gasteiger partial charge is 0.350 e. The summed E-state index contributed by atoms with van der Waals surface area (Å²) in [7, 11) is 1.66. The van der Waals surface area contributed by atoms with Crippen LogP contribution < -0.4 is 10.6 Å². The van der Waals surface area contributed by atoms with E-state index in [1.54, 1.807) is 17.9 Å². The van der Waals surface area contributed by atoms with E-state index in [9.17, 15) is 9.59 Å². The minimum Gasteiger partial charge on any atom is -0.350 e. The van der Waals surface area contributed by atoms with Crippen LogP contribution in [0, 0.1) is 5.92 Å². The summed E-state index contributed by atoms with van der Waals surface area (Å²) in [5.41, 5.74) is 0.716. The Labute approximate surface area is 145 Å². The van der Waals surface area contributed by atoms with Crippen LogP contribution in [0.4, 0.5) is 5.69 Å². The molecule has 0 aromatic carbocycles. The van der Waals surface area contributed by atoms with Gasteiger partial charge in [-0.2, -0.15) is 10.2 Å². The van der Waals surface area contributed by atoms with Crippen LogP contribution in [0.3, 0.4) is 0 Å². The lowest BCUT2D eigenvalue weighted by Gasteiger charge is -2.10. The zero-order chi connectivity index (χ0) is 17.7. The van der Waals surface area contributed by atoms with Gasteiger partial charge in [-0.05, 0) is 5.92 Å². The predicted molar refractivity (Wildman–Crippen MR) is 90.9 cm³/mol. The van der Waals surface area contributed by atoms with Crippen molar-refractivity contribution in [1.29, 1.82) is 0 Å². The molecule has 0 saturated carbocycles. The Balaban J connectivity index is 1.96. The third-order valence-corrected chi connectivity index (χ3v) is 3.46. The average Bonchev–Trinajstić information content (AvgIpc) is 3.09. The van der Waals surface area contributed by atoms with Crippen molar-refractivity contribution < 1.29 is 9.59 Å². The molecule has 0 aliphatic heterocycles. The van der Waals surface area contributed by atoms with Crippen LogP contribution in [0.1, 0.15) is 30.8 Å². The van der Waals surface area contributed by atoms with Crippen LogP contribution in [0.2, 0.25) is 5.02 Å². The Morgan fingerprint density at radius 1 is 1.29 bits per heavy atom. The Kier molecular flexibility index (Phi) is 5.97. The SMILES string of the molecule is CC(C)CNC(=O)c1c(NC(=O)CCn2cc(Cl)cn2)cnn1C. The van der Waals surface area contributed by atoms with Crippen molar-refractivity contribution in [1.82, 2.24) is 24.9 Å². The van der Waals surface area contributed by atoms with Crippen LogP contribution in [0.25, 0.3) is 0 Å². The van der Waals surface area contributed by atoms with Gasteiger partial charge in [-0.15, -0.1) is 0 Å². The van der Waals surface area contributed by atoms with E-state index < -0.39 is 0 Å². The van der Waals surface area contributed by atoms with Crippen molar-refractivity contribution in [3.8, 4) is 0 Å². The second-order valence-electron chi connectivity index (χ2n) is 5.85. The molecule has 0 spiro atoms. The number of carbonyl (C=O) groups excluding carboxylic acids is 2. The van der Waals surface area contributed by atoms with E-state index in [0.717, 1.165) is 0 Å². The molecule has 2 aromatic heterocycles. The summed E-state index contributed by atoms with van der Waals surface area (Å²) in [6.45, 7) is 4.96. The lowest BCUT2D eigenvalue weighted by atomic mass is 10.2. The number of halogens is 1. The van der Waals surface area contributed by atoms with Crippen LogP contribution >= 0.6 is 11.6 Å². The molecule has 0 bridgehead atoms. The van der Waals surface area contributed by atoms with Gasteiger partial charge in [0.05, 0.1) is 23.1 Å². The van der Waals surface area contributed by atoms with Gasteiger partial charge >= 0.3 is 0 Å². The molecular formula is C15H21ClN6O2. The minimum atomic E-state index is -0.266. The van der Waals surface area contributed by atoms with Crippen LogP contribution in [-0.4, -0.2) is 37.9 Å². The molecule has 2 heterocycles. The van der Waals surface area contributed by atoms with Crippen molar-refractivity contribution >= 4 is 29.1 Å². The van der Waals surface area contributed by atoms with Gasteiger partial charge in [0.15, 0.2) is 0 Å². The Hall–Kier alpha value is -2.35. The summed E-state index contributed by atoms with van der Waals surface area (Å²) in [6, 6.07) is 0. The summed E-state index contributed by atoms with van der Waals surface area (Å²) < 4.78 is 3.03. The first-order chi connectivity index (χ1) is 11.4. The van der Waals surface area contributed by atoms with E-state index in [2.05, 4.69) is 20.8 Å². The quantitative estimate of drug-likeness (QED) is 0.792. The number of nitrogens with zero attached hydrogens (tertiary/aromatic N) is 4. The molecule has 8 nitrogen and oxygen atoms in total. The molecule has 2 amide bonds. The monoisotopic (exact) mass is 352 g/mol. The maximum absolute atomic E-state index is 12.3. The average molecular weight is 353 g/mol. The Morgan fingerprint density at radius 2 is 2.04 bits per heavy atom. The minimum absolute atomic E-state index is 0.208. The van der Waals surface area contributed by atoms with E-state index >= 15 is 0 Å². The molecule has 0 aliphatic carbocycles. The number of nitrogens with one attached hydrogen (secondary N) is 2. The summed E-state index contributed by atoms with van der Waals surface area (Å²) >= 11 is 5.78. The van der Waals surface area contributed by atoms with Gasteiger partial charge in [0.25, 0.3) is 5.91 Å². The summed E-state index contributed by atoms with van der Waals surface area (Å²) in [5.74, 6) is -0.161. The molecule has 2 N–H and O–H groups in total. The molecule has 0 radical (unpaired) electrons. The normalized spacial score (nSPS) is 10.9. The highest BCUT2D eigenvalue weighted by molar-refractivity contribution is 6.30. The van der Waals surface area contributed by atoms with E-state index in [-0.39, 0.29) is 18.2 Å². The molecule has 24 heavy (non-hydrogen) atoms. The topological polar surface area (TPSA) is 93.8 Å². The number of carbonyl (C=O) groups is 2. The lowest BCUT2D eigenvalue weighted by molar-refractivity contribution is -0.116. The molecule has 2 aromatic rings. The molecule has 0 unspecified atom stereocenters. The highest BCUT2D eigenvalue weighted by Gasteiger charge is 2.18. The predicted octanol–water partition coefficient (Wildman–Crippen LogP) is 1.68. The van der Waals surface area contributed by atoms with Crippen molar-refractivity contribution in [2.75, 3.05) is 11.9 Å². The third kappa shape index (κ3) is 4.82.